The van der Waals surface area contributed by atoms with Crippen molar-refractivity contribution in [2.45, 2.75) is 64.7 Å². The summed E-state index contributed by atoms with van der Waals surface area (Å²) in [5, 5.41) is 3.45. The minimum atomic E-state index is -0.462. The lowest BCUT2D eigenvalue weighted by Gasteiger charge is -2.32. The maximum atomic E-state index is 12.2. The van der Waals surface area contributed by atoms with Crippen LogP contribution in [0, 0.1) is 0 Å². The van der Waals surface area contributed by atoms with Crippen LogP contribution in [0.2, 0.25) is 0 Å². The zero-order chi connectivity index (χ0) is 22.5. The van der Waals surface area contributed by atoms with Gasteiger partial charge in [-0.3, -0.25) is 4.90 Å². The van der Waals surface area contributed by atoms with Gasteiger partial charge >= 0.3 is 0 Å². The van der Waals surface area contributed by atoms with Crippen molar-refractivity contribution in [1.82, 2.24) is 19.8 Å². The van der Waals surface area contributed by atoms with Gasteiger partial charge in [0.25, 0.3) is 0 Å². The molecule has 2 unspecified atom stereocenters. The summed E-state index contributed by atoms with van der Waals surface area (Å²) in [7, 11) is 0. The van der Waals surface area contributed by atoms with E-state index in [9.17, 15) is 4.79 Å². The van der Waals surface area contributed by atoms with E-state index < -0.39 is 6.04 Å². The lowest BCUT2D eigenvalue weighted by atomic mass is 10.00. The fourth-order valence-corrected chi connectivity index (χ4v) is 4.65. The Morgan fingerprint density at radius 1 is 1.16 bits per heavy atom. The van der Waals surface area contributed by atoms with E-state index in [4.69, 9.17) is 5.73 Å². The highest BCUT2D eigenvalue weighted by molar-refractivity contribution is 5.74. The van der Waals surface area contributed by atoms with Crippen LogP contribution in [-0.2, 0) is 17.9 Å². The molecule has 1 saturated heterocycles. The molecule has 3 N–H and O–H groups in total. The van der Waals surface area contributed by atoms with E-state index in [2.05, 4.69) is 58.3 Å². The van der Waals surface area contributed by atoms with Gasteiger partial charge in [-0.1, -0.05) is 37.6 Å². The standard InChI is InChI=1S/C25H34N6O/c1-3-6-18(2)27-24-23-21(28-25(26)29-24)11-14-31(22(23)17-32)16-20-9-7-19(8-10-20)15-30-12-4-5-13-30/h7-11,14,17-18,22H,3-6,12-13,15-16H2,1-2H3,(H3,26,27,28,29). The van der Waals surface area contributed by atoms with Crippen LogP contribution >= 0.6 is 0 Å². The first-order valence-corrected chi connectivity index (χ1v) is 11.7. The number of hydrogen-bond acceptors (Lipinski definition) is 7. The second-order valence-electron chi connectivity index (χ2n) is 8.93. The van der Waals surface area contributed by atoms with Gasteiger partial charge < -0.3 is 20.7 Å². The van der Waals surface area contributed by atoms with Gasteiger partial charge in [0.15, 0.2) is 0 Å². The number of benzene rings is 1. The normalized spacial score (nSPS) is 19.1. The maximum Gasteiger partial charge on any atom is 0.222 e. The predicted molar refractivity (Wildman–Crippen MR) is 129 cm³/mol. The van der Waals surface area contributed by atoms with Crippen LogP contribution in [0.3, 0.4) is 0 Å². The maximum absolute atomic E-state index is 12.2. The summed E-state index contributed by atoms with van der Waals surface area (Å²) in [5.74, 6) is 0.868. The Bertz CT molecular complexity index is 952. The van der Waals surface area contributed by atoms with E-state index in [1.807, 2.05) is 17.2 Å². The largest absolute Gasteiger partial charge is 0.368 e. The van der Waals surface area contributed by atoms with Crippen molar-refractivity contribution >= 4 is 24.1 Å². The fraction of sp³-hybridized carbons (Fsp3) is 0.480. The van der Waals surface area contributed by atoms with E-state index in [0.29, 0.717) is 18.1 Å². The van der Waals surface area contributed by atoms with Crippen LogP contribution in [0.15, 0.2) is 30.5 Å². The summed E-state index contributed by atoms with van der Waals surface area (Å²) in [6, 6.07) is 8.50. The molecule has 4 rings (SSSR count). The van der Waals surface area contributed by atoms with Crippen molar-refractivity contribution < 1.29 is 4.79 Å². The summed E-state index contributed by atoms with van der Waals surface area (Å²) in [6.07, 6.45) is 9.51. The number of likely N-dealkylation sites (tertiary alicyclic amines) is 1. The van der Waals surface area contributed by atoms with E-state index in [1.54, 1.807) is 0 Å². The minimum absolute atomic E-state index is 0.214. The monoisotopic (exact) mass is 434 g/mol. The molecule has 2 aromatic rings. The molecule has 1 aromatic heterocycles. The number of nitrogens with zero attached hydrogens (tertiary/aromatic N) is 4. The number of hydrogen-bond donors (Lipinski definition) is 2. The average Bonchev–Trinajstić information content (AvgIpc) is 3.28. The molecule has 7 heteroatoms. The third-order valence-corrected chi connectivity index (χ3v) is 6.30. The van der Waals surface area contributed by atoms with Crippen LogP contribution < -0.4 is 11.1 Å². The average molecular weight is 435 g/mol. The number of aromatic nitrogens is 2. The van der Waals surface area contributed by atoms with Crippen molar-refractivity contribution in [3.8, 4) is 0 Å². The van der Waals surface area contributed by atoms with E-state index in [0.717, 1.165) is 31.2 Å². The molecule has 0 radical (unpaired) electrons. The van der Waals surface area contributed by atoms with Crippen molar-refractivity contribution in [1.29, 1.82) is 0 Å². The molecule has 1 aromatic carbocycles. The van der Waals surface area contributed by atoms with E-state index >= 15 is 0 Å². The number of nitrogens with one attached hydrogen (secondary N) is 1. The van der Waals surface area contributed by atoms with Crippen LogP contribution in [0.1, 0.15) is 68.0 Å². The highest BCUT2D eigenvalue weighted by Crippen LogP contribution is 2.34. The molecule has 170 valence electrons. The van der Waals surface area contributed by atoms with Gasteiger partial charge in [0.2, 0.25) is 5.95 Å². The summed E-state index contributed by atoms with van der Waals surface area (Å²) in [4.78, 5) is 25.6. The molecule has 2 atom stereocenters. The molecule has 2 aliphatic rings. The molecule has 0 aliphatic carbocycles. The van der Waals surface area contributed by atoms with Crippen molar-refractivity contribution in [2.24, 2.45) is 0 Å². The van der Waals surface area contributed by atoms with Crippen molar-refractivity contribution in [3.63, 3.8) is 0 Å². The lowest BCUT2D eigenvalue weighted by Crippen LogP contribution is -2.30. The summed E-state index contributed by atoms with van der Waals surface area (Å²) >= 11 is 0. The third-order valence-electron chi connectivity index (χ3n) is 6.30. The van der Waals surface area contributed by atoms with Gasteiger partial charge in [-0.15, -0.1) is 0 Å². The first-order valence-electron chi connectivity index (χ1n) is 11.7. The van der Waals surface area contributed by atoms with Gasteiger partial charge in [0, 0.05) is 25.3 Å². The molecule has 3 heterocycles. The smallest absolute Gasteiger partial charge is 0.222 e. The zero-order valence-electron chi connectivity index (χ0n) is 19.1. The molecule has 2 aliphatic heterocycles. The third kappa shape index (κ3) is 5.10. The van der Waals surface area contributed by atoms with Gasteiger partial charge in [0.05, 0.1) is 11.3 Å². The molecule has 7 nitrogen and oxygen atoms in total. The summed E-state index contributed by atoms with van der Waals surface area (Å²) < 4.78 is 0. The second kappa shape index (κ2) is 10.1. The number of anilines is 2. The van der Waals surface area contributed by atoms with Crippen LogP contribution in [0.4, 0.5) is 11.8 Å². The van der Waals surface area contributed by atoms with E-state index in [-0.39, 0.29) is 12.0 Å². The molecule has 0 spiro atoms. The van der Waals surface area contributed by atoms with Crippen molar-refractivity contribution in [2.75, 3.05) is 24.1 Å². The van der Waals surface area contributed by atoms with Crippen LogP contribution in [0.25, 0.3) is 6.08 Å². The number of carbonyl (C=O) groups is 1. The van der Waals surface area contributed by atoms with Gasteiger partial charge in [0.1, 0.15) is 18.1 Å². The highest BCUT2D eigenvalue weighted by atomic mass is 16.1. The Morgan fingerprint density at radius 2 is 1.84 bits per heavy atom. The molecule has 1 fully saturated rings. The number of nitrogens with two attached hydrogens (primary N) is 1. The Balaban J connectivity index is 1.52. The molecular formula is C25H34N6O. The number of aldehydes is 1. The number of rotatable bonds is 9. The first-order chi connectivity index (χ1) is 15.6. The minimum Gasteiger partial charge on any atom is -0.368 e. The first kappa shape index (κ1) is 22.3. The number of nitrogen functional groups attached to an aromatic ring is 1. The lowest BCUT2D eigenvalue weighted by molar-refractivity contribution is -0.112. The van der Waals surface area contributed by atoms with E-state index in [1.165, 1.54) is 37.1 Å². The number of fused-ring (bicyclic) bond motifs is 1. The van der Waals surface area contributed by atoms with Crippen LogP contribution in [-0.4, -0.2) is 45.2 Å². The van der Waals surface area contributed by atoms with Gasteiger partial charge in [-0.05, 0) is 56.5 Å². The Kier molecular flexibility index (Phi) is 7.05. The molecule has 0 saturated carbocycles. The zero-order valence-corrected chi connectivity index (χ0v) is 19.1. The second-order valence-corrected chi connectivity index (χ2v) is 8.93. The molecular weight excluding hydrogens is 400 g/mol. The quantitative estimate of drug-likeness (QED) is 0.577. The van der Waals surface area contributed by atoms with Gasteiger partial charge in [-0.25, -0.2) is 4.98 Å². The topological polar surface area (TPSA) is 87.4 Å². The van der Waals surface area contributed by atoms with Gasteiger partial charge in [-0.2, -0.15) is 4.98 Å². The molecule has 32 heavy (non-hydrogen) atoms. The fourth-order valence-electron chi connectivity index (χ4n) is 4.65. The summed E-state index contributed by atoms with van der Waals surface area (Å²) in [6.45, 7) is 8.30. The highest BCUT2D eigenvalue weighted by Gasteiger charge is 2.29. The number of carbonyl (C=O) groups excluding carboxylic acids is 1. The molecule has 0 amide bonds. The Hall–Kier alpha value is -2.93. The Morgan fingerprint density at radius 3 is 2.50 bits per heavy atom. The predicted octanol–water partition coefficient (Wildman–Crippen LogP) is 3.98. The van der Waals surface area contributed by atoms with Crippen molar-refractivity contribution in [3.05, 3.63) is 52.8 Å². The SMILES string of the molecule is CCCC(C)Nc1nc(N)nc2c1C(C=O)N(Cc1ccc(CN3CCCC3)cc1)C=C2. The van der Waals surface area contributed by atoms with Crippen LogP contribution in [0.5, 0.6) is 0 Å². The summed E-state index contributed by atoms with van der Waals surface area (Å²) in [5.41, 5.74) is 9.95. The molecule has 0 bridgehead atoms. The Labute approximate surface area is 190 Å².